The third kappa shape index (κ3) is 3.99. The van der Waals surface area contributed by atoms with Crippen LogP contribution in [-0.4, -0.2) is 12.0 Å². The van der Waals surface area contributed by atoms with Gasteiger partial charge in [-0.25, -0.2) is 0 Å². The molecule has 0 heterocycles. The number of benzene rings is 3. The molecule has 0 atom stereocenters. The quantitative estimate of drug-likeness (QED) is 0.250. The van der Waals surface area contributed by atoms with Crippen molar-refractivity contribution in [3.63, 3.8) is 0 Å². The molecule has 0 spiro atoms. The first-order valence-electron chi connectivity index (χ1n) is 7.06. The lowest BCUT2D eigenvalue weighted by atomic mass is 9.97. The van der Waals surface area contributed by atoms with Gasteiger partial charge < -0.3 is 4.74 Å². The Morgan fingerprint density at radius 3 is 1.96 bits per heavy atom. The molecule has 0 aliphatic heterocycles. The average molecular weight is 384 g/mol. The Kier molecular flexibility index (Phi) is 4.83. The summed E-state index contributed by atoms with van der Waals surface area (Å²) in [5.74, 6) is -0.478. The van der Waals surface area contributed by atoms with Crippen LogP contribution < -0.4 is 0 Å². The molecule has 0 aliphatic rings. The van der Waals surface area contributed by atoms with Crippen molar-refractivity contribution in [3.05, 3.63) is 60.2 Å². The number of fused-ring (bicyclic) bond motifs is 2. The minimum Gasteiger partial charge on any atom is -0.461 e. The van der Waals surface area contributed by atoms with Crippen molar-refractivity contribution >= 4 is 66.8 Å². The Morgan fingerprint density at radius 2 is 1.43 bits per heavy atom. The van der Waals surface area contributed by atoms with E-state index in [9.17, 15) is 4.79 Å². The highest BCUT2D eigenvalue weighted by atomic mass is 35.8. The Morgan fingerprint density at radius 1 is 0.913 bits per heavy atom. The molecule has 0 N–H and O–H groups in total. The molecule has 0 aromatic heterocycles. The zero-order chi connectivity index (χ0) is 16.4. The van der Waals surface area contributed by atoms with E-state index in [0.717, 1.165) is 27.1 Å². The molecule has 0 saturated carbocycles. The normalized spacial score (nSPS) is 11.8. The number of carbonyl (C=O) groups excluding carboxylic acids is 1. The summed E-state index contributed by atoms with van der Waals surface area (Å²) in [4.78, 5) is 11.9. The molecule has 6 heteroatoms. The van der Waals surface area contributed by atoms with Crippen molar-refractivity contribution in [2.24, 2.45) is 0 Å². The second kappa shape index (κ2) is 6.69. The molecule has 0 radical (unpaired) electrons. The fourth-order valence-corrected chi connectivity index (χ4v) is 4.04. The highest BCUT2D eigenvalue weighted by Crippen LogP contribution is 2.30. The fourth-order valence-electron chi connectivity index (χ4n) is 2.63. The van der Waals surface area contributed by atoms with Gasteiger partial charge in [0.2, 0.25) is 0 Å². The molecule has 0 amide bonds. The summed E-state index contributed by atoms with van der Waals surface area (Å²) in [7, 11) is 0. The monoisotopic (exact) mass is 382 g/mol. The number of ether oxygens (including phenoxy) is 1. The van der Waals surface area contributed by atoms with Crippen LogP contribution in [0.4, 0.5) is 0 Å². The molecule has 2 nitrogen and oxygen atoms in total. The van der Waals surface area contributed by atoms with Crippen molar-refractivity contribution in [1.82, 2.24) is 0 Å². The molecule has 118 valence electrons. The molecule has 0 aliphatic carbocycles. The maximum absolute atomic E-state index is 11.9. The largest absolute Gasteiger partial charge is 0.461 e. The van der Waals surface area contributed by atoms with Crippen LogP contribution in [0.2, 0.25) is 6.04 Å². The summed E-state index contributed by atoms with van der Waals surface area (Å²) >= 11 is 17.3. The first-order chi connectivity index (χ1) is 10.9. The van der Waals surface area contributed by atoms with Gasteiger partial charge in [0, 0.05) is 5.56 Å². The minimum atomic E-state index is -3.02. The molecule has 0 fully saturated rings. The van der Waals surface area contributed by atoms with E-state index in [1.165, 1.54) is 0 Å². The first kappa shape index (κ1) is 16.6. The smallest absolute Gasteiger partial charge is 0.352 e. The van der Waals surface area contributed by atoms with Gasteiger partial charge in [-0.05, 0) is 27.6 Å². The van der Waals surface area contributed by atoms with E-state index in [-0.39, 0.29) is 12.7 Å². The van der Waals surface area contributed by atoms with Gasteiger partial charge in [-0.2, -0.15) is 0 Å². The molecule has 0 saturated heterocycles. The lowest BCUT2D eigenvalue weighted by Crippen LogP contribution is -2.17. The van der Waals surface area contributed by atoms with E-state index in [1.54, 1.807) is 0 Å². The molecule has 3 aromatic rings. The standard InChI is InChI=1S/C17H13Cl3O2Si/c18-23(19,20)11-17(21)22-10-16-14-7-3-1-5-12(14)9-13-6-2-4-8-15(13)16/h1-9H,10-11H2. The Hall–Kier alpha value is -1.26. The van der Waals surface area contributed by atoms with Crippen molar-refractivity contribution in [1.29, 1.82) is 0 Å². The van der Waals surface area contributed by atoms with Crippen LogP contribution in [0, 0.1) is 0 Å². The van der Waals surface area contributed by atoms with Crippen LogP contribution in [0.15, 0.2) is 54.6 Å². The molecule has 0 bridgehead atoms. The minimum absolute atomic E-state index is 0.139. The zero-order valence-corrected chi connectivity index (χ0v) is 15.3. The highest BCUT2D eigenvalue weighted by molar-refractivity contribution is 7.65. The van der Waals surface area contributed by atoms with Crippen molar-refractivity contribution < 1.29 is 9.53 Å². The second-order valence-corrected chi connectivity index (χ2v) is 14.4. The Balaban J connectivity index is 1.99. The molecular formula is C17H13Cl3O2Si. The first-order valence-corrected chi connectivity index (χ1v) is 12.3. The van der Waals surface area contributed by atoms with Crippen molar-refractivity contribution in [2.45, 2.75) is 12.7 Å². The van der Waals surface area contributed by atoms with Gasteiger partial charge in [0.25, 0.3) is 0 Å². The average Bonchev–Trinajstić information content (AvgIpc) is 2.49. The van der Waals surface area contributed by atoms with Crippen molar-refractivity contribution in [3.8, 4) is 0 Å². The predicted molar refractivity (Wildman–Crippen MR) is 99.4 cm³/mol. The number of halogens is 3. The molecular weight excluding hydrogens is 371 g/mol. The second-order valence-electron chi connectivity index (χ2n) is 5.25. The molecule has 23 heavy (non-hydrogen) atoms. The van der Waals surface area contributed by atoms with E-state index in [4.69, 9.17) is 38.0 Å². The van der Waals surface area contributed by atoms with Gasteiger partial charge in [-0.1, -0.05) is 48.5 Å². The number of hydrogen-bond donors (Lipinski definition) is 0. The van der Waals surface area contributed by atoms with Crippen LogP contribution in [0.5, 0.6) is 0 Å². The summed E-state index contributed by atoms with van der Waals surface area (Å²) in [6.45, 7) is 0.163. The maximum Gasteiger partial charge on any atom is 0.352 e. The maximum atomic E-state index is 11.9. The summed E-state index contributed by atoms with van der Waals surface area (Å²) in [6, 6.07) is 15.0. The zero-order valence-electron chi connectivity index (χ0n) is 12.1. The topological polar surface area (TPSA) is 26.3 Å². The molecule has 3 rings (SSSR count). The van der Waals surface area contributed by atoms with Gasteiger partial charge in [-0.15, -0.1) is 33.2 Å². The lowest BCUT2D eigenvalue weighted by Gasteiger charge is -2.13. The number of rotatable bonds is 4. The SMILES string of the molecule is O=C(C[Si](Cl)(Cl)Cl)OCc1c2ccccc2cc2ccccc12. The fraction of sp³-hybridized carbons (Fsp3) is 0.118. The Bertz CT molecular complexity index is 820. The van der Waals surface area contributed by atoms with Gasteiger partial charge in [0.05, 0.1) is 6.04 Å². The van der Waals surface area contributed by atoms with Gasteiger partial charge in [-0.3, -0.25) is 4.79 Å². The molecule has 3 aromatic carbocycles. The van der Waals surface area contributed by atoms with Crippen LogP contribution >= 0.6 is 33.2 Å². The van der Waals surface area contributed by atoms with E-state index < -0.39 is 12.0 Å². The van der Waals surface area contributed by atoms with E-state index in [0.29, 0.717) is 0 Å². The van der Waals surface area contributed by atoms with Crippen LogP contribution in [0.25, 0.3) is 21.5 Å². The number of esters is 1. The van der Waals surface area contributed by atoms with E-state index >= 15 is 0 Å². The number of hydrogen-bond acceptors (Lipinski definition) is 2. The van der Waals surface area contributed by atoms with Gasteiger partial charge in [0.1, 0.15) is 6.61 Å². The summed E-state index contributed by atoms with van der Waals surface area (Å²) in [5, 5.41) is 4.33. The van der Waals surface area contributed by atoms with E-state index in [1.807, 2.05) is 48.5 Å². The van der Waals surface area contributed by atoms with E-state index in [2.05, 4.69) is 6.07 Å². The molecule has 0 unspecified atom stereocenters. The summed E-state index contributed by atoms with van der Waals surface area (Å²) in [5.41, 5.74) is 0.970. The third-order valence-electron chi connectivity index (χ3n) is 3.61. The van der Waals surface area contributed by atoms with Gasteiger partial charge in [0.15, 0.2) is 0 Å². The van der Waals surface area contributed by atoms with Crippen LogP contribution in [0.1, 0.15) is 5.56 Å². The third-order valence-corrected chi connectivity index (χ3v) is 5.50. The Labute approximate surface area is 149 Å². The van der Waals surface area contributed by atoms with Crippen molar-refractivity contribution in [2.75, 3.05) is 0 Å². The van der Waals surface area contributed by atoms with Gasteiger partial charge >= 0.3 is 12.0 Å². The number of carbonyl (C=O) groups is 1. The highest BCUT2D eigenvalue weighted by Gasteiger charge is 2.29. The summed E-state index contributed by atoms with van der Waals surface area (Å²) < 4.78 is 5.36. The summed E-state index contributed by atoms with van der Waals surface area (Å²) in [6.07, 6.45) is 0. The van der Waals surface area contributed by atoms with Crippen LogP contribution in [-0.2, 0) is 16.1 Å². The van der Waals surface area contributed by atoms with Crippen LogP contribution in [0.3, 0.4) is 0 Å². The lowest BCUT2D eigenvalue weighted by molar-refractivity contribution is -0.142. The predicted octanol–water partition coefficient (Wildman–Crippen LogP) is 5.69.